The summed E-state index contributed by atoms with van der Waals surface area (Å²) in [5, 5.41) is 25.4. The molecule has 0 aliphatic heterocycles. The molecule has 0 fully saturated rings. The number of amides is 3. The van der Waals surface area contributed by atoms with Crippen LogP contribution in [0.2, 0.25) is 0 Å². The van der Waals surface area contributed by atoms with Crippen LogP contribution in [0.5, 0.6) is 0 Å². The number of carbonyl (C=O) groups excluding carboxylic acids is 3. The van der Waals surface area contributed by atoms with E-state index >= 15 is 0 Å². The highest BCUT2D eigenvalue weighted by atomic mass is 16.4. The van der Waals surface area contributed by atoms with E-state index in [1.54, 1.807) is 0 Å². The summed E-state index contributed by atoms with van der Waals surface area (Å²) in [5.74, 6) is -3.48. The number of H-pyrrole nitrogens is 1. The highest BCUT2D eigenvalue weighted by Crippen LogP contribution is 2.07. The fraction of sp³-hybridized carbons (Fsp3) is 0.611. The molecule has 1 heterocycles. The normalized spacial score (nSPS) is 15.9. The van der Waals surface area contributed by atoms with Crippen LogP contribution in [0.15, 0.2) is 12.5 Å². The van der Waals surface area contributed by atoms with Crippen LogP contribution in [0.4, 0.5) is 0 Å². The third kappa shape index (κ3) is 7.79. The number of nitrogens with two attached hydrogens (primary N) is 1. The van der Waals surface area contributed by atoms with Crippen molar-refractivity contribution < 1.29 is 29.4 Å². The van der Waals surface area contributed by atoms with E-state index in [1.165, 1.54) is 19.4 Å². The summed E-state index contributed by atoms with van der Waals surface area (Å²) in [6, 6.07) is -3.35. The molecule has 0 aliphatic rings. The minimum absolute atomic E-state index is 0.0812. The minimum Gasteiger partial charge on any atom is -0.480 e. The Kier molecular flexibility index (Phi) is 9.92. The zero-order valence-electron chi connectivity index (χ0n) is 17.2. The van der Waals surface area contributed by atoms with Gasteiger partial charge in [-0.05, 0) is 12.8 Å². The van der Waals surface area contributed by atoms with Gasteiger partial charge < -0.3 is 36.9 Å². The fourth-order valence-electron chi connectivity index (χ4n) is 2.51. The molecule has 1 rings (SSSR count). The molecule has 12 nitrogen and oxygen atoms in total. The van der Waals surface area contributed by atoms with E-state index in [4.69, 9.17) is 10.8 Å². The first-order valence-electron chi connectivity index (χ1n) is 9.57. The molecule has 168 valence electrons. The summed E-state index contributed by atoms with van der Waals surface area (Å²) in [6.07, 6.45) is 2.36. The first-order valence-corrected chi connectivity index (χ1v) is 9.57. The molecule has 0 aliphatic carbocycles. The summed E-state index contributed by atoms with van der Waals surface area (Å²) in [5.41, 5.74) is 6.50. The highest BCUT2D eigenvalue weighted by molar-refractivity contribution is 5.92. The molecule has 0 aromatic carbocycles. The zero-order valence-corrected chi connectivity index (χ0v) is 17.2. The SMILES string of the molecule is CCC(C)C(N)C(=O)NC(Cc1cnc[nH]1)C(=O)NCC(=O)NC(C(=O)O)C(C)O. The highest BCUT2D eigenvalue weighted by Gasteiger charge is 2.28. The number of nitrogens with zero attached hydrogens (tertiary/aromatic N) is 1. The van der Waals surface area contributed by atoms with E-state index < -0.39 is 54.5 Å². The van der Waals surface area contributed by atoms with Gasteiger partial charge in [0.25, 0.3) is 0 Å². The molecule has 0 saturated heterocycles. The van der Waals surface area contributed by atoms with Gasteiger partial charge in [0.05, 0.1) is 25.0 Å². The van der Waals surface area contributed by atoms with Crippen LogP contribution in [-0.2, 0) is 25.6 Å². The summed E-state index contributed by atoms with van der Waals surface area (Å²) in [4.78, 5) is 54.7. The van der Waals surface area contributed by atoms with E-state index in [9.17, 15) is 24.3 Å². The average molecular weight is 426 g/mol. The number of rotatable bonds is 12. The molecule has 30 heavy (non-hydrogen) atoms. The second-order valence-electron chi connectivity index (χ2n) is 7.10. The van der Waals surface area contributed by atoms with Gasteiger partial charge in [-0.25, -0.2) is 9.78 Å². The first-order chi connectivity index (χ1) is 14.1. The Hall–Kier alpha value is -2.99. The number of aliphatic carboxylic acids is 1. The van der Waals surface area contributed by atoms with E-state index in [0.717, 1.165) is 0 Å². The largest absolute Gasteiger partial charge is 0.480 e. The van der Waals surface area contributed by atoms with E-state index in [-0.39, 0.29) is 12.3 Å². The Morgan fingerprint density at radius 3 is 2.37 bits per heavy atom. The van der Waals surface area contributed by atoms with Crippen molar-refractivity contribution in [3.05, 3.63) is 18.2 Å². The van der Waals surface area contributed by atoms with Crippen LogP contribution in [0.3, 0.4) is 0 Å². The van der Waals surface area contributed by atoms with Crippen molar-refractivity contribution in [1.29, 1.82) is 0 Å². The number of nitrogens with one attached hydrogen (secondary N) is 4. The van der Waals surface area contributed by atoms with Crippen molar-refractivity contribution >= 4 is 23.7 Å². The van der Waals surface area contributed by atoms with Crippen LogP contribution >= 0.6 is 0 Å². The summed E-state index contributed by atoms with van der Waals surface area (Å²) >= 11 is 0. The Labute approximate surface area is 174 Å². The molecular weight excluding hydrogens is 396 g/mol. The lowest BCUT2D eigenvalue weighted by Gasteiger charge is -2.23. The Balaban J connectivity index is 2.76. The molecule has 0 bridgehead atoms. The topological polar surface area (TPSA) is 200 Å². The van der Waals surface area contributed by atoms with Gasteiger partial charge in [0.2, 0.25) is 17.7 Å². The lowest BCUT2D eigenvalue weighted by atomic mass is 9.99. The van der Waals surface area contributed by atoms with Crippen molar-refractivity contribution in [3.8, 4) is 0 Å². The van der Waals surface area contributed by atoms with Gasteiger partial charge in [0.1, 0.15) is 6.04 Å². The molecule has 0 radical (unpaired) electrons. The Morgan fingerprint density at radius 2 is 1.87 bits per heavy atom. The first kappa shape index (κ1) is 25.0. The monoisotopic (exact) mass is 426 g/mol. The number of carboxylic acids is 1. The number of aliphatic hydroxyl groups excluding tert-OH is 1. The number of aromatic nitrogens is 2. The molecule has 12 heteroatoms. The van der Waals surface area contributed by atoms with Gasteiger partial charge in [-0.15, -0.1) is 0 Å². The molecule has 0 spiro atoms. The van der Waals surface area contributed by atoms with Gasteiger partial charge in [-0.2, -0.15) is 0 Å². The number of carboxylic acid groups (broad SMARTS) is 1. The van der Waals surface area contributed by atoms with Crippen molar-refractivity contribution in [2.24, 2.45) is 11.7 Å². The smallest absolute Gasteiger partial charge is 0.328 e. The van der Waals surface area contributed by atoms with Gasteiger partial charge in [0, 0.05) is 18.3 Å². The minimum atomic E-state index is -1.51. The Morgan fingerprint density at radius 1 is 1.20 bits per heavy atom. The zero-order chi connectivity index (χ0) is 22.8. The van der Waals surface area contributed by atoms with Crippen LogP contribution in [0, 0.1) is 5.92 Å². The number of imidazole rings is 1. The second kappa shape index (κ2) is 11.9. The lowest BCUT2D eigenvalue weighted by molar-refractivity contribution is -0.144. The average Bonchev–Trinajstić information content (AvgIpc) is 3.20. The molecular formula is C18H30N6O6. The maximum Gasteiger partial charge on any atom is 0.328 e. The number of aromatic amines is 1. The van der Waals surface area contributed by atoms with Crippen molar-refractivity contribution in [2.45, 2.75) is 57.8 Å². The Bertz CT molecular complexity index is 723. The van der Waals surface area contributed by atoms with Crippen LogP contribution in [0.25, 0.3) is 0 Å². The summed E-state index contributed by atoms with van der Waals surface area (Å²) in [6.45, 7) is 4.39. The van der Waals surface area contributed by atoms with Crippen molar-refractivity contribution in [1.82, 2.24) is 25.9 Å². The van der Waals surface area contributed by atoms with E-state index in [0.29, 0.717) is 12.1 Å². The number of carbonyl (C=O) groups is 4. The summed E-state index contributed by atoms with van der Waals surface area (Å²) < 4.78 is 0. The molecule has 1 aromatic rings. The molecule has 5 atom stereocenters. The molecule has 1 aromatic heterocycles. The van der Waals surface area contributed by atoms with E-state index in [2.05, 4.69) is 25.9 Å². The van der Waals surface area contributed by atoms with Crippen LogP contribution < -0.4 is 21.7 Å². The van der Waals surface area contributed by atoms with Crippen LogP contribution in [0.1, 0.15) is 32.9 Å². The predicted molar refractivity (Wildman–Crippen MR) is 106 cm³/mol. The fourth-order valence-corrected chi connectivity index (χ4v) is 2.51. The van der Waals surface area contributed by atoms with Gasteiger partial charge in [-0.1, -0.05) is 20.3 Å². The number of aliphatic hydroxyl groups is 1. The number of hydrogen-bond donors (Lipinski definition) is 7. The predicted octanol–water partition coefficient (Wildman–Crippen LogP) is -2.12. The molecule has 5 unspecified atom stereocenters. The standard InChI is InChI=1S/C18H30N6O6/c1-4-9(2)14(19)17(28)23-12(5-11-6-20-8-22-11)16(27)21-7-13(26)24-15(10(3)25)18(29)30/h6,8-10,12,14-15,25H,4-5,7,19H2,1-3H3,(H,20,22)(H,21,27)(H,23,28)(H,24,26)(H,29,30). The molecule has 0 saturated carbocycles. The third-order valence-electron chi connectivity index (χ3n) is 4.66. The van der Waals surface area contributed by atoms with Crippen LogP contribution in [-0.4, -0.2) is 74.6 Å². The van der Waals surface area contributed by atoms with Crippen molar-refractivity contribution in [2.75, 3.05) is 6.54 Å². The lowest BCUT2D eigenvalue weighted by Crippen LogP contribution is -2.55. The molecule has 8 N–H and O–H groups in total. The maximum absolute atomic E-state index is 12.6. The van der Waals surface area contributed by atoms with Gasteiger partial charge in [-0.3, -0.25) is 14.4 Å². The second-order valence-corrected chi connectivity index (χ2v) is 7.10. The number of hydrogen-bond acceptors (Lipinski definition) is 7. The van der Waals surface area contributed by atoms with Crippen molar-refractivity contribution in [3.63, 3.8) is 0 Å². The van der Waals surface area contributed by atoms with Gasteiger partial charge >= 0.3 is 5.97 Å². The third-order valence-corrected chi connectivity index (χ3v) is 4.66. The van der Waals surface area contributed by atoms with Gasteiger partial charge in [0.15, 0.2) is 6.04 Å². The molecule has 3 amide bonds. The summed E-state index contributed by atoms with van der Waals surface area (Å²) in [7, 11) is 0. The quantitative estimate of drug-likeness (QED) is 0.196. The maximum atomic E-state index is 12.6. The van der Waals surface area contributed by atoms with E-state index in [1.807, 2.05) is 13.8 Å².